The summed E-state index contributed by atoms with van der Waals surface area (Å²) in [5.74, 6) is -1.28. The van der Waals surface area contributed by atoms with E-state index in [1.54, 1.807) is 12.1 Å². The van der Waals surface area contributed by atoms with E-state index in [1.165, 1.54) is 13.2 Å². The summed E-state index contributed by atoms with van der Waals surface area (Å²) in [5, 5.41) is 2.71. The predicted molar refractivity (Wildman–Crippen MR) is 97.7 cm³/mol. The summed E-state index contributed by atoms with van der Waals surface area (Å²) >= 11 is 3.39. The molecule has 2 N–H and O–H groups in total. The molecule has 0 bridgehead atoms. The molecule has 0 unspecified atom stereocenters. The number of amides is 1. The van der Waals surface area contributed by atoms with Crippen LogP contribution in [0.5, 0.6) is 0 Å². The number of sulfonamides is 1. The van der Waals surface area contributed by atoms with Crippen molar-refractivity contribution in [2.24, 2.45) is 0 Å². The Bertz CT molecular complexity index is 903. The van der Waals surface area contributed by atoms with E-state index in [0.717, 1.165) is 28.4 Å². The molecular formula is C16H16BrFN2O4S. The second kappa shape index (κ2) is 7.94. The molecule has 6 nitrogen and oxygen atoms in total. The number of ether oxygens (including phenoxy) is 1. The molecule has 0 fully saturated rings. The van der Waals surface area contributed by atoms with E-state index in [2.05, 4.69) is 21.2 Å². The zero-order valence-corrected chi connectivity index (χ0v) is 15.9. The Balaban J connectivity index is 2.30. The number of anilines is 2. The van der Waals surface area contributed by atoms with Crippen LogP contribution in [0.25, 0.3) is 0 Å². The van der Waals surface area contributed by atoms with Crippen LogP contribution >= 0.6 is 15.9 Å². The van der Waals surface area contributed by atoms with Crippen LogP contribution in [-0.4, -0.2) is 27.7 Å². The lowest BCUT2D eigenvalue weighted by atomic mass is 10.1. The van der Waals surface area contributed by atoms with Crippen LogP contribution in [0.4, 0.5) is 15.8 Å². The van der Waals surface area contributed by atoms with Crippen molar-refractivity contribution in [3.05, 3.63) is 57.8 Å². The molecule has 134 valence electrons. The lowest BCUT2D eigenvalue weighted by Crippen LogP contribution is -2.16. The van der Waals surface area contributed by atoms with Gasteiger partial charge in [-0.2, -0.15) is 0 Å². The Kier molecular flexibility index (Phi) is 6.15. The van der Waals surface area contributed by atoms with E-state index >= 15 is 0 Å². The summed E-state index contributed by atoms with van der Waals surface area (Å²) in [4.78, 5) is 12.4. The highest BCUT2D eigenvalue weighted by Crippen LogP contribution is 2.26. The molecule has 2 aromatic rings. The number of methoxy groups -OCH3 is 1. The number of carbonyl (C=O) groups excluding carboxylic acids is 1. The third kappa shape index (κ3) is 5.25. The van der Waals surface area contributed by atoms with Crippen LogP contribution < -0.4 is 10.0 Å². The fourth-order valence-electron chi connectivity index (χ4n) is 2.11. The van der Waals surface area contributed by atoms with Crippen molar-refractivity contribution in [3.63, 3.8) is 0 Å². The number of rotatable bonds is 6. The molecule has 0 radical (unpaired) electrons. The first-order valence-corrected chi connectivity index (χ1v) is 9.74. The highest BCUT2D eigenvalue weighted by atomic mass is 79.9. The molecule has 9 heteroatoms. The van der Waals surface area contributed by atoms with Gasteiger partial charge in [0.15, 0.2) is 0 Å². The molecule has 2 rings (SSSR count). The summed E-state index contributed by atoms with van der Waals surface area (Å²) in [7, 11) is -2.13. The second-order valence-electron chi connectivity index (χ2n) is 5.22. The third-order valence-electron chi connectivity index (χ3n) is 3.18. The van der Waals surface area contributed by atoms with Gasteiger partial charge in [0, 0.05) is 28.4 Å². The van der Waals surface area contributed by atoms with Crippen molar-refractivity contribution in [2.45, 2.75) is 6.61 Å². The Morgan fingerprint density at radius 2 is 1.96 bits per heavy atom. The smallest absolute Gasteiger partial charge is 0.255 e. The van der Waals surface area contributed by atoms with Gasteiger partial charge in [0.05, 0.1) is 18.6 Å². The van der Waals surface area contributed by atoms with Crippen molar-refractivity contribution in [1.82, 2.24) is 0 Å². The average Bonchev–Trinajstić information content (AvgIpc) is 2.51. The van der Waals surface area contributed by atoms with Crippen LogP contribution in [0.1, 0.15) is 15.9 Å². The highest BCUT2D eigenvalue weighted by molar-refractivity contribution is 9.10. The van der Waals surface area contributed by atoms with Crippen molar-refractivity contribution in [1.29, 1.82) is 0 Å². The van der Waals surface area contributed by atoms with Crippen molar-refractivity contribution in [2.75, 3.05) is 23.4 Å². The fourth-order valence-corrected chi connectivity index (χ4v) is 3.14. The quantitative estimate of drug-likeness (QED) is 0.735. The number of halogens is 2. The molecular weight excluding hydrogens is 415 g/mol. The van der Waals surface area contributed by atoms with E-state index in [4.69, 9.17) is 4.74 Å². The summed E-state index contributed by atoms with van der Waals surface area (Å²) in [6.45, 7) is 0.279. The van der Waals surface area contributed by atoms with Gasteiger partial charge < -0.3 is 10.1 Å². The lowest BCUT2D eigenvalue weighted by Gasteiger charge is -2.13. The van der Waals surface area contributed by atoms with Gasteiger partial charge in [0.2, 0.25) is 10.0 Å². The Morgan fingerprint density at radius 3 is 2.60 bits per heavy atom. The van der Waals surface area contributed by atoms with Crippen LogP contribution in [-0.2, 0) is 21.4 Å². The Hall–Kier alpha value is -1.97. The highest BCUT2D eigenvalue weighted by Gasteiger charge is 2.15. The topological polar surface area (TPSA) is 84.5 Å². The minimum Gasteiger partial charge on any atom is -0.380 e. The van der Waals surface area contributed by atoms with Crippen molar-refractivity contribution < 1.29 is 22.3 Å². The molecule has 0 heterocycles. The Morgan fingerprint density at radius 1 is 1.24 bits per heavy atom. The number of carbonyl (C=O) groups is 1. The molecule has 0 aliphatic heterocycles. The van der Waals surface area contributed by atoms with Gasteiger partial charge in [0.1, 0.15) is 5.82 Å². The molecule has 0 aromatic heterocycles. The predicted octanol–water partition coefficient (Wildman–Crippen LogP) is 3.36. The molecule has 0 aliphatic rings. The maximum Gasteiger partial charge on any atom is 0.255 e. The maximum atomic E-state index is 13.7. The van der Waals surface area contributed by atoms with E-state index in [9.17, 15) is 17.6 Å². The standard InChI is InChI=1S/C16H16BrFN2O4S/c1-24-9-11-12(17)4-3-5-14(11)19-16(21)10-6-7-13(18)15(8-10)20-25(2,22)23/h3-8,20H,9H2,1-2H3,(H,19,21). The Labute approximate surface area is 153 Å². The van der Waals surface area contributed by atoms with E-state index in [1.807, 2.05) is 10.8 Å². The third-order valence-corrected chi connectivity index (χ3v) is 4.51. The zero-order valence-electron chi connectivity index (χ0n) is 13.5. The van der Waals surface area contributed by atoms with Gasteiger partial charge in [-0.15, -0.1) is 0 Å². The molecule has 2 aromatic carbocycles. The van der Waals surface area contributed by atoms with Gasteiger partial charge in [0.25, 0.3) is 5.91 Å². The normalized spacial score (nSPS) is 11.2. The first-order chi connectivity index (χ1) is 11.7. The van der Waals surface area contributed by atoms with E-state index < -0.39 is 21.7 Å². The minimum atomic E-state index is -3.67. The average molecular weight is 431 g/mol. The van der Waals surface area contributed by atoms with Gasteiger partial charge >= 0.3 is 0 Å². The number of nitrogens with one attached hydrogen (secondary N) is 2. The monoisotopic (exact) mass is 430 g/mol. The maximum absolute atomic E-state index is 13.7. The summed E-state index contributed by atoms with van der Waals surface area (Å²) in [6.07, 6.45) is 0.901. The number of hydrogen-bond acceptors (Lipinski definition) is 4. The molecule has 25 heavy (non-hydrogen) atoms. The molecule has 0 aliphatic carbocycles. The summed E-state index contributed by atoms with van der Waals surface area (Å²) < 4.78 is 44.2. The van der Waals surface area contributed by atoms with Crippen LogP contribution in [0, 0.1) is 5.82 Å². The van der Waals surface area contributed by atoms with Gasteiger partial charge in [-0.25, -0.2) is 12.8 Å². The molecule has 0 spiro atoms. The van der Waals surface area contributed by atoms with Crippen LogP contribution in [0.2, 0.25) is 0 Å². The summed E-state index contributed by atoms with van der Waals surface area (Å²) in [5.41, 5.74) is 1.09. The molecule has 0 atom stereocenters. The molecule has 0 saturated heterocycles. The van der Waals surface area contributed by atoms with Crippen LogP contribution in [0.15, 0.2) is 40.9 Å². The minimum absolute atomic E-state index is 0.107. The van der Waals surface area contributed by atoms with Gasteiger partial charge in [-0.05, 0) is 30.3 Å². The van der Waals surface area contributed by atoms with Crippen molar-refractivity contribution in [3.8, 4) is 0 Å². The van der Waals surface area contributed by atoms with E-state index in [-0.39, 0.29) is 17.9 Å². The lowest BCUT2D eigenvalue weighted by molar-refractivity contribution is 0.102. The van der Waals surface area contributed by atoms with Crippen LogP contribution in [0.3, 0.4) is 0 Å². The molecule has 1 amide bonds. The first-order valence-electron chi connectivity index (χ1n) is 7.06. The second-order valence-corrected chi connectivity index (χ2v) is 7.82. The molecule has 0 saturated carbocycles. The zero-order chi connectivity index (χ0) is 18.6. The first kappa shape index (κ1) is 19.4. The van der Waals surface area contributed by atoms with Crippen molar-refractivity contribution >= 4 is 43.2 Å². The number of benzene rings is 2. The van der Waals surface area contributed by atoms with Gasteiger partial charge in [-0.1, -0.05) is 22.0 Å². The van der Waals surface area contributed by atoms with E-state index in [0.29, 0.717) is 5.69 Å². The largest absolute Gasteiger partial charge is 0.380 e. The number of hydrogen-bond donors (Lipinski definition) is 2. The van der Waals surface area contributed by atoms with Gasteiger partial charge in [-0.3, -0.25) is 9.52 Å². The summed E-state index contributed by atoms with van der Waals surface area (Å²) in [6, 6.07) is 8.71. The SMILES string of the molecule is COCc1c(Br)cccc1NC(=O)c1ccc(F)c(NS(C)(=O)=O)c1. The fraction of sp³-hybridized carbons (Fsp3) is 0.188.